The molecule has 314 valence electrons. The summed E-state index contributed by atoms with van der Waals surface area (Å²) in [6.45, 7) is 19.3. The lowest BCUT2D eigenvalue weighted by Gasteiger charge is -2.15. The van der Waals surface area contributed by atoms with E-state index in [4.69, 9.17) is 23.7 Å². The molecule has 0 saturated carbocycles. The topological polar surface area (TPSA) is 132 Å². The van der Waals surface area contributed by atoms with Gasteiger partial charge in [-0.15, -0.1) is 0 Å². The zero-order valence-corrected chi connectivity index (χ0v) is 36.0. The van der Waals surface area contributed by atoms with Gasteiger partial charge in [-0.25, -0.2) is 0 Å². The van der Waals surface area contributed by atoms with Crippen molar-refractivity contribution in [2.45, 2.75) is 248 Å². The maximum absolute atomic E-state index is 10.8. The quantitative estimate of drug-likeness (QED) is 0.0412. The zero-order valence-electron chi connectivity index (χ0n) is 36.0. The normalized spacial score (nSPS) is 13.3. The number of ether oxygens (including phenoxy) is 5. The van der Waals surface area contributed by atoms with Crippen molar-refractivity contribution in [3.05, 3.63) is 0 Å². The van der Waals surface area contributed by atoms with E-state index in [0.717, 1.165) is 89.9 Å². The highest BCUT2D eigenvalue weighted by molar-refractivity contribution is 5.67. The molecule has 5 atom stereocenters. The van der Waals surface area contributed by atoms with Crippen LogP contribution in [-0.4, -0.2) is 60.4 Å². The summed E-state index contributed by atoms with van der Waals surface area (Å²) in [4.78, 5) is 53.6. The molecule has 0 heterocycles. The Morgan fingerprint density at radius 2 is 0.566 bits per heavy atom. The first-order chi connectivity index (χ1) is 25.0. The minimum absolute atomic E-state index is 0.0157. The molecule has 0 aromatic carbocycles. The standard InChI is InChI=1S/2C15H28O4.C13H26O2/c1-12(18-14(3)16)10-8-6-5-7-9-11-13(2)19-15(4)17;1-5-15(19-14(4)17)11-9-7-6-8-10-12(2)18-13(3)16;1-4-5-6-7-8-9-10-11-12(2)15-13(3)14/h12-13H,5-11H2,1-4H3;12,15H,5-11H2,1-4H3;12H,4-11H2,1-3H3/t12-,13-;12-,15?;12-/m000/s1. The molecule has 0 bridgehead atoms. The van der Waals surface area contributed by atoms with Crippen LogP contribution in [-0.2, 0) is 47.7 Å². The second-order valence-electron chi connectivity index (χ2n) is 14.6. The lowest BCUT2D eigenvalue weighted by atomic mass is 10.1. The van der Waals surface area contributed by atoms with Crippen LogP contribution in [0.15, 0.2) is 0 Å². The van der Waals surface area contributed by atoms with Gasteiger partial charge in [0.25, 0.3) is 0 Å². The van der Waals surface area contributed by atoms with E-state index in [-0.39, 0.29) is 60.4 Å². The molecule has 0 radical (unpaired) electrons. The molecule has 10 nitrogen and oxygen atoms in total. The molecule has 10 heteroatoms. The van der Waals surface area contributed by atoms with Crippen molar-refractivity contribution in [1.29, 1.82) is 0 Å². The third-order valence-electron chi connectivity index (χ3n) is 8.58. The first kappa shape index (κ1) is 54.7. The number of rotatable bonds is 29. The van der Waals surface area contributed by atoms with E-state index in [2.05, 4.69) is 6.92 Å². The summed E-state index contributed by atoms with van der Waals surface area (Å²) in [5.74, 6) is -0.967. The van der Waals surface area contributed by atoms with Crippen molar-refractivity contribution in [2.75, 3.05) is 0 Å². The van der Waals surface area contributed by atoms with Crippen molar-refractivity contribution in [2.24, 2.45) is 0 Å². The van der Waals surface area contributed by atoms with Gasteiger partial charge in [0, 0.05) is 34.6 Å². The Bertz CT molecular complexity index is 880. The monoisotopic (exact) mass is 759 g/mol. The van der Waals surface area contributed by atoms with Crippen LogP contribution in [0.2, 0.25) is 0 Å². The average molecular weight is 759 g/mol. The molecule has 0 N–H and O–H groups in total. The molecule has 0 aliphatic heterocycles. The predicted octanol–water partition coefficient (Wildman–Crippen LogP) is 11.3. The molecular formula is C43H82O10. The molecule has 0 rings (SSSR count). The van der Waals surface area contributed by atoms with Gasteiger partial charge in [0.2, 0.25) is 0 Å². The van der Waals surface area contributed by atoms with Crippen LogP contribution in [0.4, 0.5) is 0 Å². The summed E-state index contributed by atoms with van der Waals surface area (Å²) in [7, 11) is 0. The van der Waals surface area contributed by atoms with Crippen molar-refractivity contribution in [3.8, 4) is 0 Å². The Morgan fingerprint density at radius 1 is 0.340 bits per heavy atom. The Morgan fingerprint density at radius 3 is 0.792 bits per heavy atom. The Hall–Kier alpha value is -2.65. The highest BCUT2D eigenvalue weighted by Gasteiger charge is 2.10. The second-order valence-corrected chi connectivity index (χ2v) is 14.6. The fourth-order valence-corrected chi connectivity index (χ4v) is 5.89. The fraction of sp³-hybridized carbons (Fsp3) is 0.884. The van der Waals surface area contributed by atoms with E-state index in [1.54, 1.807) is 0 Å². The summed E-state index contributed by atoms with van der Waals surface area (Å²) in [6.07, 6.45) is 25.1. The van der Waals surface area contributed by atoms with E-state index in [9.17, 15) is 24.0 Å². The third-order valence-corrected chi connectivity index (χ3v) is 8.58. The van der Waals surface area contributed by atoms with Gasteiger partial charge in [-0.05, 0) is 98.3 Å². The molecule has 0 fully saturated rings. The smallest absolute Gasteiger partial charge is 0.302 e. The molecule has 53 heavy (non-hydrogen) atoms. The van der Waals surface area contributed by atoms with Gasteiger partial charge in [0.15, 0.2) is 0 Å². The van der Waals surface area contributed by atoms with Crippen LogP contribution in [0, 0.1) is 0 Å². The number of hydrogen-bond donors (Lipinski definition) is 0. The minimum atomic E-state index is -0.209. The fourth-order valence-electron chi connectivity index (χ4n) is 5.89. The highest BCUT2D eigenvalue weighted by Crippen LogP contribution is 2.15. The van der Waals surface area contributed by atoms with Crippen molar-refractivity contribution in [1.82, 2.24) is 0 Å². The summed E-state index contributed by atoms with van der Waals surface area (Å²) in [6, 6.07) is 0. The van der Waals surface area contributed by atoms with Crippen LogP contribution in [0.25, 0.3) is 0 Å². The molecule has 0 aromatic heterocycles. The van der Waals surface area contributed by atoms with Gasteiger partial charge >= 0.3 is 29.8 Å². The third kappa shape index (κ3) is 49.4. The number of carbonyl (C=O) groups excluding carboxylic acids is 5. The molecule has 0 aromatic rings. The molecular weight excluding hydrogens is 676 g/mol. The molecule has 0 aliphatic rings. The van der Waals surface area contributed by atoms with Crippen LogP contribution < -0.4 is 0 Å². The van der Waals surface area contributed by atoms with E-state index in [0.29, 0.717) is 0 Å². The van der Waals surface area contributed by atoms with Gasteiger partial charge < -0.3 is 23.7 Å². The van der Waals surface area contributed by atoms with Crippen LogP contribution in [0.5, 0.6) is 0 Å². The van der Waals surface area contributed by atoms with Crippen molar-refractivity contribution in [3.63, 3.8) is 0 Å². The lowest BCUT2D eigenvalue weighted by Crippen LogP contribution is -2.15. The lowest BCUT2D eigenvalue weighted by molar-refractivity contribution is -0.147. The maximum atomic E-state index is 10.8. The van der Waals surface area contributed by atoms with E-state index in [1.807, 2.05) is 34.6 Å². The van der Waals surface area contributed by atoms with E-state index in [1.165, 1.54) is 86.0 Å². The average Bonchev–Trinajstić information content (AvgIpc) is 3.04. The summed E-state index contributed by atoms with van der Waals surface area (Å²) < 4.78 is 25.4. The second kappa shape index (κ2) is 39.1. The minimum Gasteiger partial charge on any atom is -0.463 e. The molecule has 0 spiro atoms. The molecule has 0 amide bonds. The first-order valence-corrected chi connectivity index (χ1v) is 20.9. The van der Waals surface area contributed by atoms with Crippen LogP contribution in [0.3, 0.4) is 0 Å². The van der Waals surface area contributed by atoms with Crippen LogP contribution >= 0.6 is 0 Å². The number of unbranched alkanes of at least 4 members (excludes halogenated alkanes) is 13. The molecule has 0 saturated heterocycles. The highest BCUT2D eigenvalue weighted by atomic mass is 16.6. The van der Waals surface area contributed by atoms with Crippen LogP contribution in [0.1, 0.15) is 217 Å². The predicted molar refractivity (Wildman–Crippen MR) is 213 cm³/mol. The maximum Gasteiger partial charge on any atom is 0.302 e. The van der Waals surface area contributed by atoms with E-state index >= 15 is 0 Å². The summed E-state index contributed by atoms with van der Waals surface area (Å²) >= 11 is 0. The first-order valence-electron chi connectivity index (χ1n) is 20.9. The number of esters is 5. The van der Waals surface area contributed by atoms with Gasteiger partial charge in [-0.1, -0.05) is 84.5 Å². The Balaban J connectivity index is -0.000000714. The SMILES string of the molecule is CC(=O)O[C@@H](C)CCCCCCC[C@H](C)OC(C)=O.CCC(CCCCCC[C@H](C)OC(C)=O)OC(C)=O.CCCCCCCCC[C@H](C)OC(C)=O. The van der Waals surface area contributed by atoms with Crippen molar-refractivity contribution >= 4 is 29.8 Å². The summed E-state index contributed by atoms with van der Waals surface area (Å²) in [5.41, 5.74) is 0. The van der Waals surface area contributed by atoms with Crippen molar-refractivity contribution < 1.29 is 47.7 Å². The zero-order chi connectivity index (χ0) is 40.9. The Kier molecular flexibility index (Phi) is 40.3. The van der Waals surface area contributed by atoms with E-state index < -0.39 is 0 Å². The molecule has 0 aliphatic carbocycles. The summed E-state index contributed by atoms with van der Waals surface area (Å²) in [5, 5.41) is 0. The van der Waals surface area contributed by atoms with Gasteiger partial charge in [0.1, 0.15) is 6.10 Å². The number of hydrogen-bond acceptors (Lipinski definition) is 10. The molecule has 1 unspecified atom stereocenters. The number of carbonyl (C=O) groups is 5. The van der Waals surface area contributed by atoms with Gasteiger partial charge in [0.05, 0.1) is 24.4 Å². The van der Waals surface area contributed by atoms with Gasteiger partial charge in [-0.2, -0.15) is 0 Å². The Labute approximate surface area is 324 Å². The largest absolute Gasteiger partial charge is 0.463 e. The van der Waals surface area contributed by atoms with Gasteiger partial charge in [-0.3, -0.25) is 24.0 Å².